The Kier molecular flexibility index (Phi) is 3.14. The van der Waals surface area contributed by atoms with Crippen molar-refractivity contribution in [3.63, 3.8) is 0 Å². The summed E-state index contributed by atoms with van der Waals surface area (Å²) in [6.07, 6.45) is 2.39. The van der Waals surface area contributed by atoms with Crippen molar-refractivity contribution in [3.05, 3.63) is 41.5 Å². The van der Waals surface area contributed by atoms with Gasteiger partial charge < -0.3 is 9.84 Å². The Bertz CT molecular complexity index is 506. The molecule has 2 nitrogen and oxygen atoms in total. The van der Waals surface area contributed by atoms with Gasteiger partial charge in [0.2, 0.25) is 0 Å². The van der Waals surface area contributed by atoms with Crippen LogP contribution in [0.3, 0.4) is 0 Å². The van der Waals surface area contributed by atoms with Gasteiger partial charge in [-0.15, -0.1) is 0 Å². The van der Waals surface area contributed by atoms with Crippen LogP contribution in [0.15, 0.2) is 35.9 Å². The number of hydrogen-bond acceptors (Lipinski definition) is 2. The number of fused-ring (bicyclic) bond motifs is 2. The Balaban J connectivity index is 2.01. The van der Waals surface area contributed by atoms with Crippen molar-refractivity contribution in [2.75, 3.05) is 6.61 Å². The van der Waals surface area contributed by atoms with Crippen LogP contribution in [0.25, 0.3) is 0 Å². The van der Waals surface area contributed by atoms with E-state index in [9.17, 15) is 5.11 Å². The lowest BCUT2D eigenvalue weighted by atomic mass is 9.64. The summed E-state index contributed by atoms with van der Waals surface area (Å²) in [5, 5.41) is 10.1. The second-order valence-electron chi connectivity index (χ2n) is 6.13. The van der Waals surface area contributed by atoms with E-state index in [-0.39, 0.29) is 6.10 Å². The molecule has 0 spiro atoms. The SMILES string of the molecule is CC1=C[C@@H](C)[C@H]2CO[C@@H](c3ccccc3O)[C@@H]1[C@@H]2C. The average Bonchev–Trinajstić information content (AvgIpc) is 2.36. The second kappa shape index (κ2) is 4.68. The van der Waals surface area contributed by atoms with Crippen molar-refractivity contribution in [2.45, 2.75) is 26.9 Å². The van der Waals surface area contributed by atoms with Crippen molar-refractivity contribution in [2.24, 2.45) is 23.7 Å². The fourth-order valence-electron chi connectivity index (χ4n) is 3.96. The molecule has 1 aromatic rings. The van der Waals surface area contributed by atoms with E-state index >= 15 is 0 Å². The summed E-state index contributed by atoms with van der Waals surface area (Å²) in [6.45, 7) is 7.61. The fourth-order valence-corrected chi connectivity index (χ4v) is 3.96. The molecular weight excluding hydrogens is 236 g/mol. The summed E-state index contributed by atoms with van der Waals surface area (Å²) in [5.74, 6) is 2.55. The third kappa shape index (κ3) is 1.99. The third-order valence-electron chi connectivity index (χ3n) is 5.01. The zero-order valence-corrected chi connectivity index (χ0v) is 11.8. The molecule has 0 radical (unpaired) electrons. The molecule has 2 bridgehead atoms. The van der Waals surface area contributed by atoms with Gasteiger partial charge in [-0.1, -0.05) is 43.7 Å². The first-order valence-electron chi connectivity index (χ1n) is 7.17. The van der Waals surface area contributed by atoms with Crippen LogP contribution in [-0.2, 0) is 4.74 Å². The van der Waals surface area contributed by atoms with Gasteiger partial charge in [-0.25, -0.2) is 0 Å². The van der Waals surface area contributed by atoms with Gasteiger partial charge in [-0.05, 0) is 30.7 Å². The number of phenols is 1. The lowest BCUT2D eigenvalue weighted by Crippen LogP contribution is -2.42. The van der Waals surface area contributed by atoms with Gasteiger partial charge in [0, 0.05) is 11.5 Å². The van der Waals surface area contributed by atoms with E-state index in [4.69, 9.17) is 4.74 Å². The summed E-state index contributed by atoms with van der Waals surface area (Å²) >= 11 is 0. The molecule has 0 aromatic heterocycles. The zero-order chi connectivity index (χ0) is 13.6. The first-order valence-corrected chi connectivity index (χ1v) is 7.17. The molecule has 0 saturated carbocycles. The quantitative estimate of drug-likeness (QED) is 0.773. The normalized spacial score (nSPS) is 37.8. The highest BCUT2D eigenvalue weighted by molar-refractivity contribution is 5.36. The maximum absolute atomic E-state index is 10.1. The Labute approximate surface area is 115 Å². The standard InChI is InChI=1S/C17H22O2/c1-10-8-11(2)16-12(3)14(10)9-19-17(16)13-6-4-5-7-15(13)18/h4-8,10,12,14,16-18H,9H2,1-3H3/t10-,12-,14-,16+,17+/m1/s1. The van der Waals surface area contributed by atoms with Gasteiger partial charge in [-0.3, -0.25) is 0 Å². The molecular formula is C17H22O2. The van der Waals surface area contributed by atoms with Crippen LogP contribution >= 0.6 is 0 Å². The molecule has 1 fully saturated rings. The highest BCUT2D eigenvalue weighted by Gasteiger charge is 2.44. The maximum Gasteiger partial charge on any atom is 0.121 e. The molecule has 1 aliphatic heterocycles. The monoisotopic (exact) mass is 258 g/mol. The summed E-state index contributed by atoms with van der Waals surface area (Å²) in [6, 6.07) is 7.57. The number of allylic oxidation sites excluding steroid dienone is 1. The van der Waals surface area contributed by atoms with Crippen molar-refractivity contribution in [3.8, 4) is 5.75 Å². The minimum atomic E-state index is -0.00352. The van der Waals surface area contributed by atoms with E-state index in [1.165, 1.54) is 5.57 Å². The average molecular weight is 258 g/mol. The lowest BCUT2D eigenvalue weighted by molar-refractivity contribution is -0.0941. The Hall–Kier alpha value is -1.28. The largest absolute Gasteiger partial charge is 0.508 e. The molecule has 1 saturated heterocycles. The Morgan fingerprint density at radius 1 is 1.21 bits per heavy atom. The Morgan fingerprint density at radius 3 is 2.68 bits per heavy atom. The van der Waals surface area contributed by atoms with Crippen molar-refractivity contribution >= 4 is 0 Å². The van der Waals surface area contributed by atoms with Crippen LogP contribution in [0.1, 0.15) is 32.4 Å². The third-order valence-corrected chi connectivity index (χ3v) is 5.01. The highest BCUT2D eigenvalue weighted by atomic mass is 16.5. The molecule has 2 heteroatoms. The number of para-hydroxylation sites is 1. The molecule has 2 aliphatic rings. The molecule has 0 amide bonds. The van der Waals surface area contributed by atoms with Gasteiger partial charge in [-0.2, -0.15) is 0 Å². The number of aromatic hydroxyl groups is 1. The van der Waals surface area contributed by atoms with E-state index in [2.05, 4.69) is 26.8 Å². The number of ether oxygens (including phenoxy) is 1. The summed E-state index contributed by atoms with van der Waals surface area (Å²) in [5.41, 5.74) is 2.34. The fraction of sp³-hybridized carbons (Fsp3) is 0.529. The smallest absolute Gasteiger partial charge is 0.121 e. The number of rotatable bonds is 1. The number of phenolic OH excluding ortho intramolecular Hbond substituents is 1. The van der Waals surface area contributed by atoms with Crippen molar-refractivity contribution in [1.82, 2.24) is 0 Å². The minimum Gasteiger partial charge on any atom is -0.508 e. The molecule has 102 valence electrons. The zero-order valence-electron chi connectivity index (χ0n) is 11.8. The summed E-state index contributed by atoms with van der Waals surface area (Å²) in [7, 11) is 0. The molecule has 1 aromatic carbocycles. The number of hydrogen-bond donors (Lipinski definition) is 1. The first-order chi connectivity index (χ1) is 9.09. The van der Waals surface area contributed by atoms with E-state index in [0.29, 0.717) is 29.4 Å². The lowest BCUT2D eigenvalue weighted by Gasteiger charge is -2.47. The molecule has 1 heterocycles. The highest BCUT2D eigenvalue weighted by Crippen LogP contribution is 2.50. The molecule has 3 rings (SSSR count). The van der Waals surface area contributed by atoms with Crippen LogP contribution in [-0.4, -0.2) is 11.7 Å². The van der Waals surface area contributed by atoms with Crippen LogP contribution in [0, 0.1) is 23.7 Å². The van der Waals surface area contributed by atoms with E-state index in [1.807, 2.05) is 18.2 Å². The van der Waals surface area contributed by atoms with Crippen LogP contribution < -0.4 is 0 Å². The van der Waals surface area contributed by atoms with Gasteiger partial charge in [0.15, 0.2) is 0 Å². The van der Waals surface area contributed by atoms with E-state index < -0.39 is 0 Å². The van der Waals surface area contributed by atoms with Gasteiger partial charge in [0.05, 0.1) is 12.7 Å². The predicted octanol–water partition coefficient (Wildman–Crippen LogP) is 3.93. The molecule has 1 N–H and O–H groups in total. The molecule has 1 aliphatic carbocycles. The summed E-state index contributed by atoms with van der Waals surface area (Å²) < 4.78 is 6.12. The number of benzene rings is 1. The molecule has 0 unspecified atom stereocenters. The maximum atomic E-state index is 10.1. The van der Waals surface area contributed by atoms with Crippen molar-refractivity contribution in [1.29, 1.82) is 0 Å². The summed E-state index contributed by atoms with van der Waals surface area (Å²) in [4.78, 5) is 0. The van der Waals surface area contributed by atoms with E-state index in [0.717, 1.165) is 12.2 Å². The Morgan fingerprint density at radius 2 is 1.95 bits per heavy atom. The van der Waals surface area contributed by atoms with Gasteiger partial charge in [0.1, 0.15) is 5.75 Å². The van der Waals surface area contributed by atoms with Gasteiger partial charge in [0.25, 0.3) is 0 Å². The topological polar surface area (TPSA) is 29.5 Å². The van der Waals surface area contributed by atoms with Crippen molar-refractivity contribution < 1.29 is 9.84 Å². The van der Waals surface area contributed by atoms with Crippen LogP contribution in [0.4, 0.5) is 0 Å². The van der Waals surface area contributed by atoms with Crippen LogP contribution in [0.5, 0.6) is 5.75 Å². The van der Waals surface area contributed by atoms with Crippen LogP contribution in [0.2, 0.25) is 0 Å². The first kappa shape index (κ1) is 12.7. The minimum absolute atomic E-state index is 0.00352. The predicted molar refractivity (Wildman–Crippen MR) is 75.9 cm³/mol. The van der Waals surface area contributed by atoms with Gasteiger partial charge >= 0.3 is 0 Å². The molecule has 5 atom stereocenters. The van der Waals surface area contributed by atoms with E-state index in [1.54, 1.807) is 6.07 Å². The second-order valence-corrected chi connectivity index (χ2v) is 6.13. The molecule has 19 heavy (non-hydrogen) atoms.